The molecule has 2 aromatic heterocycles. The zero-order chi connectivity index (χ0) is 15.5. The number of hydrogen-bond donors (Lipinski definition) is 2. The molecule has 8 nitrogen and oxygen atoms in total. The minimum atomic E-state index is -0.671. The summed E-state index contributed by atoms with van der Waals surface area (Å²) < 4.78 is 0. The van der Waals surface area contributed by atoms with Gasteiger partial charge >= 0.3 is 5.69 Å². The normalized spacial score (nSPS) is 10.4. The molecule has 9 heteroatoms. The first-order valence-electron chi connectivity index (χ1n) is 6.15. The molecule has 3 rings (SSSR count). The minimum Gasteiger partial charge on any atom is -0.296 e. The lowest BCUT2D eigenvalue weighted by molar-refractivity contribution is -0.385. The first-order valence-corrected chi connectivity index (χ1v) is 7.03. The second kappa shape index (κ2) is 5.74. The van der Waals surface area contributed by atoms with Crippen molar-refractivity contribution in [2.45, 2.75) is 0 Å². The number of H-pyrrole nitrogens is 1. The van der Waals surface area contributed by atoms with Gasteiger partial charge in [-0.1, -0.05) is 30.3 Å². The maximum atomic E-state index is 12.0. The molecular weight excluding hydrogens is 306 g/mol. The smallest absolute Gasteiger partial charge is 0.296 e. The van der Waals surface area contributed by atoms with Crippen LogP contribution in [0.15, 0.2) is 41.9 Å². The SMILES string of the molecule is O=C(Nc1nc(-c2ccccc2)cs1)c1[nH]ncc1[N+](=O)[O-]. The Kier molecular flexibility index (Phi) is 3.62. The summed E-state index contributed by atoms with van der Waals surface area (Å²) in [5.74, 6) is -0.654. The van der Waals surface area contributed by atoms with Gasteiger partial charge in [-0.3, -0.25) is 25.3 Å². The van der Waals surface area contributed by atoms with E-state index in [2.05, 4.69) is 20.5 Å². The van der Waals surface area contributed by atoms with Gasteiger partial charge in [0.15, 0.2) is 5.13 Å². The number of carbonyl (C=O) groups is 1. The number of anilines is 1. The van der Waals surface area contributed by atoms with Crippen molar-refractivity contribution in [3.63, 3.8) is 0 Å². The van der Waals surface area contributed by atoms with Gasteiger partial charge in [-0.15, -0.1) is 11.3 Å². The maximum absolute atomic E-state index is 12.0. The van der Waals surface area contributed by atoms with Crippen molar-refractivity contribution in [2.24, 2.45) is 0 Å². The molecule has 0 unspecified atom stereocenters. The molecule has 2 N–H and O–H groups in total. The number of aromatic nitrogens is 3. The highest BCUT2D eigenvalue weighted by Crippen LogP contribution is 2.25. The average Bonchev–Trinajstić information content (AvgIpc) is 3.17. The summed E-state index contributed by atoms with van der Waals surface area (Å²) in [6.07, 6.45) is 0.992. The number of nitrogens with zero attached hydrogens (tertiary/aromatic N) is 3. The number of thiazole rings is 1. The van der Waals surface area contributed by atoms with Crippen LogP contribution in [0.25, 0.3) is 11.3 Å². The molecule has 0 bridgehead atoms. The molecule has 1 aromatic carbocycles. The highest BCUT2D eigenvalue weighted by atomic mass is 32.1. The van der Waals surface area contributed by atoms with Crippen LogP contribution in [0.4, 0.5) is 10.8 Å². The van der Waals surface area contributed by atoms with E-state index in [1.54, 1.807) is 5.38 Å². The lowest BCUT2D eigenvalue weighted by atomic mass is 10.2. The van der Waals surface area contributed by atoms with Crippen LogP contribution < -0.4 is 5.32 Å². The molecule has 0 saturated carbocycles. The van der Waals surface area contributed by atoms with Crippen LogP contribution in [-0.2, 0) is 0 Å². The molecule has 0 aliphatic heterocycles. The molecule has 2 heterocycles. The largest absolute Gasteiger partial charge is 0.319 e. The Morgan fingerprint density at radius 2 is 2.09 bits per heavy atom. The summed E-state index contributed by atoms with van der Waals surface area (Å²) in [6.45, 7) is 0. The van der Waals surface area contributed by atoms with Crippen molar-refractivity contribution >= 4 is 28.1 Å². The summed E-state index contributed by atoms with van der Waals surface area (Å²) in [6, 6.07) is 9.48. The predicted octanol–water partition coefficient (Wildman–Crippen LogP) is 2.69. The number of nitrogens with one attached hydrogen (secondary N) is 2. The van der Waals surface area contributed by atoms with Crippen molar-refractivity contribution in [3.05, 3.63) is 57.7 Å². The van der Waals surface area contributed by atoms with Gasteiger partial charge in [-0.05, 0) is 0 Å². The number of hydrogen-bond acceptors (Lipinski definition) is 6. The van der Waals surface area contributed by atoms with E-state index in [9.17, 15) is 14.9 Å². The van der Waals surface area contributed by atoms with Gasteiger partial charge in [-0.25, -0.2) is 4.98 Å². The third kappa shape index (κ3) is 2.69. The molecule has 0 aliphatic rings. The highest BCUT2D eigenvalue weighted by molar-refractivity contribution is 7.14. The molecule has 0 spiro atoms. The van der Waals surface area contributed by atoms with Crippen LogP contribution in [0.5, 0.6) is 0 Å². The number of benzene rings is 1. The van der Waals surface area contributed by atoms with Crippen LogP contribution in [0.2, 0.25) is 0 Å². The molecule has 110 valence electrons. The molecule has 0 aliphatic carbocycles. The highest BCUT2D eigenvalue weighted by Gasteiger charge is 2.23. The number of aromatic amines is 1. The summed E-state index contributed by atoms with van der Waals surface area (Å²) in [4.78, 5) is 26.4. The lowest BCUT2D eigenvalue weighted by Crippen LogP contribution is -2.14. The van der Waals surface area contributed by atoms with E-state index >= 15 is 0 Å². The van der Waals surface area contributed by atoms with Crippen LogP contribution in [-0.4, -0.2) is 26.0 Å². The Morgan fingerprint density at radius 1 is 1.32 bits per heavy atom. The Hall–Kier alpha value is -3.07. The van der Waals surface area contributed by atoms with Gasteiger partial charge < -0.3 is 0 Å². The molecule has 0 saturated heterocycles. The third-order valence-electron chi connectivity index (χ3n) is 2.84. The van der Waals surface area contributed by atoms with E-state index in [0.717, 1.165) is 17.5 Å². The summed E-state index contributed by atoms with van der Waals surface area (Å²) in [5.41, 5.74) is 1.06. The van der Waals surface area contributed by atoms with Gasteiger partial charge in [0.2, 0.25) is 5.69 Å². The zero-order valence-electron chi connectivity index (χ0n) is 11.0. The lowest BCUT2D eigenvalue weighted by Gasteiger charge is -1.98. The fraction of sp³-hybridized carbons (Fsp3) is 0. The Bertz CT molecular complexity index is 827. The number of amides is 1. The van der Waals surface area contributed by atoms with Gasteiger partial charge in [0.25, 0.3) is 5.91 Å². The van der Waals surface area contributed by atoms with Gasteiger partial charge in [0, 0.05) is 10.9 Å². The molecule has 1 amide bonds. The van der Waals surface area contributed by atoms with Crippen molar-refractivity contribution in [1.82, 2.24) is 15.2 Å². The van der Waals surface area contributed by atoms with E-state index in [1.165, 1.54) is 11.3 Å². The summed E-state index contributed by atoms with van der Waals surface area (Å²) >= 11 is 1.24. The van der Waals surface area contributed by atoms with E-state index in [4.69, 9.17) is 0 Å². The Balaban J connectivity index is 1.79. The van der Waals surface area contributed by atoms with Crippen molar-refractivity contribution < 1.29 is 9.72 Å². The molecule has 3 aromatic rings. The van der Waals surface area contributed by atoms with Crippen LogP contribution in [0.3, 0.4) is 0 Å². The van der Waals surface area contributed by atoms with E-state index in [0.29, 0.717) is 5.13 Å². The van der Waals surface area contributed by atoms with E-state index in [-0.39, 0.29) is 11.4 Å². The maximum Gasteiger partial charge on any atom is 0.319 e. The topological polar surface area (TPSA) is 114 Å². The fourth-order valence-corrected chi connectivity index (χ4v) is 2.53. The number of nitro groups is 1. The van der Waals surface area contributed by atoms with Crippen LogP contribution in [0, 0.1) is 10.1 Å². The summed E-state index contributed by atoms with van der Waals surface area (Å²) in [5, 5.41) is 21.3. The van der Waals surface area contributed by atoms with Crippen molar-refractivity contribution in [3.8, 4) is 11.3 Å². The standard InChI is InChI=1S/C13H9N5O3S/c19-12(11-10(18(20)21)6-14-17-11)16-13-15-9(7-22-13)8-4-2-1-3-5-8/h1-7H,(H,14,17)(H,15,16,19). The zero-order valence-corrected chi connectivity index (χ0v) is 11.8. The molecule has 22 heavy (non-hydrogen) atoms. The van der Waals surface area contributed by atoms with E-state index < -0.39 is 10.8 Å². The average molecular weight is 315 g/mol. The monoisotopic (exact) mass is 315 g/mol. The van der Waals surface area contributed by atoms with Crippen molar-refractivity contribution in [2.75, 3.05) is 5.32 Å². The third-order valence-corrected chi connectivity index (χ3v) is 3.60. The number of carbonyl (C=O) groups excluding carboxylic acids is 1. The summed E-state index contributed by atoms with van der Waals surface area (Å²) in [7, 11) is 0. The number of rotatable bonds is 4. The Labute approximate surface area is 128 Å². The van der Waals surface area contributed by atoms with Gasteiger partial charge in [-0.2, -0.15) is 5.10 Å². The minimum absolute atomic E-state index is 0.207. The van der Waals surface area contributed by atoms with Crippen LogP contribution in [0.1, 0.15) is 10.5 Å². The fourth-order valence-electron chi connectivity index (χ4n) is 1.82. The quantitative estimate of drug-likeness (QED) is 0.567. The molecule has 0 radical (unpaired) electrons. The molecule has 0 fully saturated rings. The van der Waals surface area contributed by atoms with Gasteiger partial charge in [0.1, 0.15) is 6.20 Å². The van der Waals surface area contributed by atoms with E-state index in [1.807, 2.05) is 30.3 Å². The van der Waals surface area contributed by atoms with Gasteiger partial charge in [0.05, 0.1) is 10.6 Å². The first kappa shape index (κ1) is 13.9. The second-order valence-corrected chi connectivity index (χ2v) is 5.10. The second-order valence-electron chi connectivity index (χ2n) is 4.25. The van der Waals surface area contributed by atoms with Crippen LogP contribution >= 0.6 is 11.3 Å². The first-order chi connectivity index (χ1) is 10.6. The van der Waals surface area contributed by atoms with Crippen molar-refractivity contribution in [1.29, 1.82) is 0 Å². The predicted molar refractivity (Wildman–Crippen MR) is 80.7 cm³/mol. The Morgan fingerprint density at radius 3 is 2.82 bits per heavy atom. The molecule has 0 atom stereocenters. The molecular formula is C13H9N5O3S.